The van der Waals surface area contributed by atoms with Crippen LogP contribution in [-0.4, -0.2) is 63.2 Å². The summed E-state index contributed by atoms with van der Waals surface area (Å²) in [6.07, 6.45) is 5.79. The molecule has 1 aromatic carbocycles. The van der Waals surface area contributed by atoms with E-state index in [-0.39, 0.29) is 11.2 Å². The summed E-state index contributed by atoms with van der Waals surface area (Å²) in [4.78, 5) is 23.9. The van der Waals surface area contributed by atoms with Crippen LogP contribution in [0.2, 0.25) is 0 Å². The molecule has 4 heterocycles. The molecular weight excluding hydrogens is 492 g/mol. The molecule has 200 valence electrons. The normalized spacial score (nSPS) is 20.0. The summed E-state index contributed by atoms with van der Waals surface area (Å²) in [6, 6.07) is 13.8. The van der Waals surface area contributed by atoms with Gasteiger partial charge in [0.1, 0.15) is 0 Å². The van der Waals surface area contributed by atoms with Crippen molar-refractivity contribution in [3.8, 4) is 22.4 Å². The van der Waals surface area contributed by atoms with Crippen molar-refractivity contribution in [1.82, 2.24) is 10.3 Å². The molecule has 6 rings (SSSR count). The molecular formula is C31H38N4O2S. The van der Waals surface area contributed by atoms with Crippen molar-refractivity contribution >= 4 is 27.8 Å². The Morgan fingerprint density at radius 3 is 2.55 bits per heavy atom. The topological polar surface area (TPSA) is 57.7 Å². The lowest BCUT2D eigenvalue weighted by molar-refractivity contribution is 0.0918. The van der Waals surface area contributed by atoms with Crippen molar-refractivity contribution in [2.75, 3.05) is 56.2 Å². The Balaban J connectivity index is 1.38. The molecule has 0 spiro atoms. The third-order valence-electron chi connectivity index (χ3n) is 8.29. The molecule has 6 nitrogen and oxygen atoms in total. The summed E-state index contributed by atoms with van der Waals surface area (Å²) >= 11 is 1.69. The van der Waals surface area contributed by atoms with Crippen LogP contribution in [0.25, 0.3) is 22.4 Å². The lowest BCUT2D eigenvalue weighted by Crippen LogP contribution is -2.41. The van der Waals surface area contributed by atoms with Crippen LogP contribution in [0.3, 0.4) is 0 Å². The van der Waals surface area contributed by atoms with E-state index in [9.17, 15) is 4.79 Å². The highest BCUT2D eigenvalue weighted by Gasteiger charge is 2.37. The molecule has 0 atom stereocenters. The number of carbonyl (C=O) groups is 1. The van der Waals surface area contributed by atoms with Gasteiger partial charge in [0.05, 0.1) is 28.8 Å². The van der Waals surface area contributed by atoms with E-state index in [1.165, 1.54) is 21.8 Å². The number of hydrogen-bond acceptors (Lipinski definition) is 7. The van der Waals surface area contributed by atoms with Crippen molar-refractivity contribution in [2.24, 2.45) is 5.41 Å². The van der Waals surface area contributed by atoms with Gasteiger partial charge in [-0.05, 0) is 67.1 Å². The molecule has 0 saturated carbocycles. The molecule has 0 unspecified atom stereocenters. The second kappa shape index (κ2) is 10.4. The van der Waals surface area contributed by atoms with Crippen molar-refractivity contribution in [1.29, 1.82) is 0 Å². The number of nitrogens with zero attached hydrogens (tertiary/aromatic N) is 3. The number of aromatic nitrogens is 1. The third-order valence-corrected chi connectivity index (χ3v) is 9.63. The molecule has 2 fully saturated rings. The van der Waals surface area contributed by atoms with Gasteiger partial charge >= 0.3 is 0 Å². The van der Waals surface area contributed by atoms with E-state index in [1.807, 2.05) is 6.20 Å². The summed E-state index contributed by atoms with van der Waals surface area (Å²) in [7, 11) is 2.06. The van der Waals surface area contributed by atoms with E-state index < -0.39 is 0 Å². The first-order valence-corrected chi connectivity index (χ1v) is 14.7. The Bertz CT molecular complexity index is 1320. The molecule has 0 bridgehead atoms. The van der Waals surface area contributed by atoms with E-state index in [0.29, 0.717) is 12.5 Å². The summed E-state index contributed by atoms with van der Waals surface area (Å²) < 4.78 is 5.65. The van der Waals surface area contributed by atoms with Crippen LogP contribution in [0.5, 0.6) is 0 Å². The van der Waals surface area contributed by atoms with Crippen molar-refractivity contribution in [3.63, 3.8) is 0 Å². The molecule has 1 aliphatic carbocycles. The number of ether oxygens (including phenoxy) is 1. The van der Waals surface area contributed by atoms with Crippen molar-refractivity contribution in [3.05, 3.63) is 53.0 Å². The maximum absolute atomic E-state index is 13.2. The van der Waals surface area contributed by atoms with Gasteiger partial charge in [0.25, 0.3) is 0 Å². The minimum Gasteiger partial charge on any atom is -0.378 e. The highest BCUT2D eigenvalue weighted by atomic mass is 32.1. The fraction of sp³-hybridized carbons (Fsp3) is 0.484. The first-order chi connectivity index (χ1) is 18.4. The molecule has 38 heavy (non-hydrogen) atoms. The van der Waals surface area contributed by atoms with Crippen LogP contribution in [0.1, 0.15) is 48.3 Å². The van der Waals surface area contributed by atoms with E-state index >= 15 is 0 Å². The first-order valence-electron chi connectivity index (χ1n) is 13.9. The Morgan fingerprint density at radius 2 is 1.79 bits per heavy atom. The monoisotopic (exact) mass is 530 g/mol. The number of anilines is 2. The Morgan fingerprint density at radius 1 is 1.00 bits per heavy atom. The van der Waals surface area contributed by atoms with Crippen LogP contribution >= 0.6 is 11.3 Å². The van der Waals surface area contributed by atoms with Gasteiger partial charge in [0.2, 0.25) is 0 Å². The van der Waals surface area contributed by atoms with Gasteiger partial charge < -0.3 is 19.9 Å². The maximum Gasteiger partial charge on any atom is 0.173 e. The van der Waals surface area contributed by atoms with Gasteiger partial charge in [-0.3, -0.25) is 9.78 Å². The Kier molecular flexibility index (Phi) is 7.01. The molecule has 2 aromatic heterocycles. The van der Waals surface area contributed by atoms with Gasteiger partial charge in [0, 0.05) is 61.7 Å². The predicted octanol–water partition coefficient (Wildman–Crippen LogP) is 5.66. The van der Waals surface area contributed by atoms with Gasteiger partial charge in [-0.15, -0.1) is 11.3 Å². The van der Waals surface area contributed by atoms with E-state index in [2.05, 4.69) is 72.4 Å². The largest absolute Gasteiger partial charge is 0.378 e. The Labute approximate surface area is 230 Å². The number of benzene rings is 1. The third kappa shape index (κ3) is 4.99. The average molecular weight is 531 g/mol. The number of thiophene rings is 1. The van der Waals surface area contributed by atoms with E-state index in [1.54, 1.807) is 11.3 Å². The number of pyridine rings is 1. The van der Waals surface area contributed by atoms with Crippen LogP contribution in [-0.2, 0) is 11.2 Å². The average Bonchev–Trinajstić information content (AvgIpc) is 3.32. The summed E-state index contributed by atoms with van der Waals surface area (Å²) in [6.45, 7) is 9.72. The second-order valence-corrected chi connectivity index (χ2v) is 12.7. The van der Waals surface area contributed by atoms with Crippen molar-refractivity contribution < 1.29 is 9.53 Å². The predicted molar refractivity (Wildman–Crippen MR) is 157 cm³/mol. The lowest BCUT2D eigenvalue weighted by Gasteiger charge is -2.33. The van der Waals surface area contributed by atoms with Crippen LogP contribution in [0.15, 0.2) is 42.6 Å². The minimum absolute atomic E-state index is 0.0346. The zero-order valence-corrected chi connectivity index (χ0v) is 23.6. The summed E-state index contributed by atoms with van der Waals surface area (Å²) in [5.74, 6) is 0.283. The van der Waals surface area contributed by atoms with Gasteiger partial charge in [-0.1, -0.05) is 26.0 Å². The molecule has 3 aliphatic rings. The highest BCUT2D eigenvalue weighted by Crippen LogP contribution is 2.49. The molecule has 1 N–H and O–H groups in total. The number of morpholine rings is 1. The lowest BCUT2D eigenvalue weighted by atomic mass is 9.75. The molecule has 2 saturated heterocycles. The molecule has 2 aliphatic heterocycles. The van der Waals surface area contributed by atoms with Gasteiger partial charge in [-0.2, -0.15) is 0 Å². The maximum atomic E-state index is 13.2. The zero-order valence-electron chi connectivity index (χ0n) is 22.8. The molecule has 7 heteroatoms. The number of rotatable bonds is 5. The number of piperidine rings is 1. The second-order valence-electron chi connectivity index (χ2n) is 11.7. The highest BCUT2D eigenvalue weighted by molar-refractivity contribution is 7.19. The first kappa shape index (κ1) is 25.5. The van der Waals surface area contributed by atoms with Crippen LogP contribution in [0.4, 0.5) is 10.7 Å². The molecule has 3 aromatic rings. The number of Topliss-reactive ketones (excluding diaryl/α,β-unsaturated/α-hetero) is 1. The number of fused-ring (bicyclic) bond motifs is 1. The molecule has 0 radical (unpaired) electrons. The van der Waals surface area contributed by atoms with Crippen molar-refractivity contribution in [2.45, 2.75) is 45.6 Å². The van der Waals surface area contributed by atoms with Gasteiger partial charge in [-0.25, -0.2) is 0 Å². The fourth-order valence-corrected chi connectivity index (χ4v) is 7.55. The van der Waals surface area contributed by atoms with Crippen LogP contribution in [0, 0.1) is 5.41 Å². The number of carbonyl (C=O) groups excluding carboxylic acids is 1. The van der Waals surface area contributed by atoms with Crippen LogP contribution < -0.4 is 15.1 Å². The minimum atomic E-state index is -0.0346. The van der Waals surface area contributed by atoms with Gasteiger partial charge in [0.15, 0.2) is 5.78 Å². The Hall–Kier alpha value is -2.74. The molecule has 0 amide bonds. The zero-order chi connectivity index (χ0) is 26.3. The number of hydrogen-bond donors (Lipinski definition) is 1. The SMILES string of the molecule is CNC1CCN(c2cccc(-c3cc(-c4c(N5CCOCC5)sc5c4CC(C)(C)CC5=O)ccn3)c2)CC1. The number of ketones is 1. The fourth-order valence-electron chi connectivity index (χ4n) is 6.22. The van der Waals surface area contributed by atoms with E-state index in [0.717, 1.165) is 80.4 Å². The quantitative estimate of drug-likeness (QED) is 0.460. The summed E-state index contributed by atoms with van der Waals surface area (Å²) in [5, 5.41) is 4.63. The van der Waals surface area contributed by atoms with E-state index in [4.69, 9.17) is 9.72 Å². The standard InChI is InChI=1S/C31H38N4O2S/c1-31(2)19-25-28(30(35-13-15-37-16-14-35)38-29(25)27(36)20-31)22-7-10-33-26(18-22)21-5-4-6-24(17-21)34-11-8-23(32-3)9-12-34/h4-7,10,17-18,23,32H,8-9,11-16,19-20H2,1-3H3. The smallest absolute Gasteiger partial charge is 0.173 e. The summed E-state index contributed by atoms with van der Waals surface area (Å²) in [5.41, 5.74) is 6.93. The number of nitrogens with one attached hydrogen (secondary N) is 1.